The van der Waals surface area contributed by atoms with E-state index >= 15 is 0 Å². The smallest absolute Gasteiger partial charge is 1.00 e. The second-order valence-corrected chi connectivity index (χ2v) is 6.97. The van der Waals surface area contributed by atoms with Gasteiger partial charge in [-0.3, -0.25) is 4.89 Å². The summed E-state index contributed by atoms with van der Waals surface area (Å²) in [6, 6.07) is 7.64. The number of benzene rings is 2. The van der Waals surface area contributed by atoms with Gasteiger partial charge in [0, 0.05) is 10.8 Å². The quantitative estimate of drug-likeness (QED) is 0.278. The van der Waals surface area contributed by atoms with Crippen molar-refractivity contribution in [3.63, 3.8) is 0 Å². The Labute approximate surface area is 239 Å². The summed E-state index contributed by atoms with van der Waals surface area (Å²) in [4.78, 5) is 26.6. The third-order valence-electron chi connectivity index (χ3n) is 2.58. The van der Waals surface area contributed by atoms with E-state index in [1.165, 1.54) is 19.1 Å². The average Bonchev–Trinajstić information content (AvgIpc) is 2.31. The van der Waals surface area contributed by atoms with E-state index < -0.39 is 15.6 Å². The zero-order chi connectivity index (χ0) is 15.8. The SMILES string of the molecule is Cc1cc(O)c2ccccc2c1OP(=O)(O)OP(=O)(O)O.[H-].[H-].[H-].[H-].[Na+].[Na+].[Na+].[Na+]. The van der Waals surface area contributed by atoms with Crippen LogP contribution in [0.15, 0.2) is 30.3 Å². The third-order valence-corrected chi connectivity index (χ3v) is 4.66. The largest absolute Gasteiger partial charge is 1.00 e. The van der Waals surface area contributed by atoms with Gasteiger partial charge in [0.25, 0.3) is 0 Å². The van der Waals surface area contributed by atoms with E-state index in [0.29, 0.717) is 16.3 Å². The first kappa shape index (κ1) is 32.3. The molecule has 0 amide bonds. The number of rotatable bonds is 4. The van der Waals surface area contributed by atoms with Crippen LogP contribution >= 0.6 is 15.6 Å². The zero-order valence-corrected chi connectivity index (χ0v) is 24.5. The van der Waals surface area contributed by atoms with E-state index in [1.54, 1.807) is 18.2 Å². The maximum atomic E-state index is 11.6. The molecule has 0 heterocycles. The number of aromatic hydroxyl groups is 1. The molecule has 2 aromatic rings. The molecule has 25 heavy (non-hydrogen) atoms. The van der Waals surface area contributed by atoms with E-state index in [4.69, 9.17) is 14.3 Å². The number of aryl methyl sites for hydroxylation is 1. The molecular weight excluding hydrogens is 414 g/mol. The van der Waals surface area contributed by atoms with E-state index in [-0.39, 0.29) is 135 Å². The molecule has 0 radical (unpaired) electrons. The molecule has 8 nitrogen and oxygen atoms in total. The molecule has 0 saturated heterocycles. The molecule has 0 aliphatic heterocycles. The number of phenols is 1. The average molecular weight is 430 g/mol. The van der Waals surface area contributed by atoms with Gasteiger partial charge in [0.2, 0.25) is 0 Å². The van der Waals surface area contributed by atoms with Gasteiger partial charge >= 0.3 is 134 Å². The summed E-state index contributed by atoms with van der Waals surface area (Å²) >= 11 is 0. The molecule has 0 fully saturated rings. The van der Waals surface area contributed by atoms with Crippen molar-refractivity contribution in [2.45, 2.75) is 6.92 Å². The van der Waals surface area contributed by atoms with Crippen molar-refractivity contribution < 1.29 is 162 Å². The zero-order valence-electron chi connectivity index (χ0n) is 18.7. The van der Waals surface area contributed by atoms with Gasteiger partial charge in [-0.2, -0.15) is 4.31 Å². The topological polar surface area (TPSA) is 134 Å². The molecule has 1 unspecified atom stereocenters. The Morgan fingerprint density at radius 2 is 1.44 bits per heavy atom. The minimum absolute atomic E-state index is 0. The van der Waals surface area contributed by atoms with Crippen LogP contribution in [0.25, 0.3) is 10.8 Å². The molecule has 1 atom stereocenters. The van der Waals surface area contributed by atoms with Crippen LogP contribution in [0.3, 0.4) is 0 Å². The predicted octanol–water partition coefficient (Wildman–Crippen LogP) is -9.09. The van der Waals surface area contributed by atoms with Crippen molar-refractivity contribution in [1.29, 1.82) is 0 Å². The molecule has 0 aromatic heterocycles. The Morgan fingerprint density at radius 3 is 1.92 bits per heavy atom. The van der Waals surface area contributed by atoms with Gasteiger partial charge in [0.1, 0.15) is 11.5 Å². The maximum absolute atomic E-state index is 11.6. The molecule has 2 aromatic carbocycles. The van der Waals surface area contributed by atoms with Gasteiger partial charge in [0.15, 0.2) is 0 Å². The molecular formula is C11H16Na4O8P2. The van der Waals surface area contributed by atoms with Crippen molar-refractivity contribution in [3.05, 3.63) is 35.9 Å². The fourth-order valence-electron chi connectivity index (χ4n) is 1.85. The first-order valence-corrected chi connectivity index (χ1v) is 8.62. The number of phosphoric ester groups is 1. The molecule has 0 aliphatic rings. The molecule has 0 saturated carbocycles. The second-order valence-electron chi connectivity index (χ2n) is 4.22. The fraction of sp³-hybridized carbons (Fsp3) is 0.0909. The summed E-state index contributed by atoms with van der Waals surface area (Å²) < 4.78 is 30.8. The summed E-state index contributed by atoms with van der Waals surface area (Å²) in [5.74, 6) is -0.165. The molecule has 122 valence electrons. The maximum Gasteiger partial charge on any atom is 1.00 e. The summed E-state index contributed by atoms with van der Waals surface area (Å²) in [5.41, 5.74) is 0.301. The summed E-state index contributed by atoms with van der Waals surface area (Å²) in [5, 5.41) is 10.5. The number of phenolic OH excluding ortho intramolecular Hbond substituents is 1. The molecule has 2 rings (SSSR count). The van der Waals surface area contributed by atoms with Crippen LogP contribution in [0, 0.1) is 6.92 Å². The van der Waals surface area contributed by atoms with Crippen LogP contribution in [0.2, 0.25) is 0 Å². The summed E-state index contributed by atoms with van der Waals surface area (Å²) in [7, 11) is -10.2. The van der Waals surface area contributed by atoms with Gasteiger partial charge in [-0.05, 0) is 18.6 Å². The standard InChI is InChI=1S/C11H12O8P2.4Na.4H/c1-7-6-10(12)8-4-2-3-5-9(8)11(7)18-21(16,17)19-20(13,14)15;;;;;;;;/h2-6,12H,1H3,(H,16,17)(H2,13,14,15);;;;;;;;/q;4*+1;4*-1. The van der Waals surface area contributed by atoms with Crippen LogP contribution in [0.4, 0.5) is 0 Å². The van der Waals surface area contributed by atoms with E-state index in [2.05, 4.69) is 4.31 Å². The van der Waals surface area contributed by atoms with Crippen LogP contribution in [-0.4, -0.2) is 19.8 Å². The van der Waals surface area contributed by atoms with Crippen LogP contribution < -0.4 is 123 Å². The number of fused-ring (bicyclic) bond motifs is 1. The Morgan fingerprint density at radius 1 is 0.960 bits per heavy atom. The first-order valence-electron chi connectivity index (χ1n) is 5.60. The monoisotopic (exact) mass is 430 g/mol. The van der Waals surface area contributed by atoms with Crippen LogP contribution in [-0.2, 0) is 13.4 Å². The van der Waals surface area contributed by atoms with Crippen molar-refractivity contribution in [1.82, 2.24) is 0 Å². The van der Waals surface area contributed by atoms with E-state index in [1.807, 2.05) is 0 Å². The van der Waals surface area contributed by atoms with Crippen molar-refractivity contribution >= 4 is 26.4 Å². The van der Waals surface area contributed by atoms with E-state index in [0.717, 1.165) is 0 Å². The minimum Gasteiger partial charge on any atom is -1.00 e. The fourth-order valence-corrected chi connectivity index (χ4v) is 3.53. The van der Waals surface area contributed by atoms with Crippen molar-refractivity contribution in [2.24, 2.45) is 0 Å². The Kier molecular flexibility index (Phi) is 16.8. The van der Waals surface area contributed by atoms with Crippen molar-refractivity contribution in [3.8, 4) is 11.5 Å². The third kappa shape index (κ3) is 9.77. The van der Waals surface area contributed by atoms with Gasteiger partial charge in [0.05, 0.1) is 0 Å². The van der Waals surface area contributed by atoms with Crippen LogP contribution in [0.1, 0.15) is 11.3 Å². The second kappa shape index (κ2) is 13.0. The Balaban J connectivity index is -0.000000121. The molecule has 0 spiro atoms. The molecule has 14 heteroatoms. The van der Waals surface area contributed by atoms with Gasteiger partial charge < -0.3 is 25.1 Å². The Bertz CT molecular complexity index is 814. The first-order chi connectivity index (χ1) is 9.59. The Hall–Kier alpha value is 2.60. The molecule has 4 N–H and O–H groups in total. The molecule has 0 bridgehead atoms. The molecule has 0 aliphatic carbocycles. The minimum atomic E-state index is -5.20. The normalized spacial score (nSPS) is 12.5. The number of phosphoric acid groups is 2. The summed E-state index contributed by atoms with van der Waals surface area (Å²) in [6.07, 6.45) is 0. The van der Waals surface area contributed by atoms with E-state index in [9.17, 15) is 19.1 Å². The number of hydrogen-bond donors (Lipinski definition) is 4. The van der Waals surface area contributed by atoms with Crippen LogP contribution in [0.5, 0.6) is 11.5 Å². The number of hydrogen-bond acceptors (Lipinski definition) is 5. The van der Waals surface area contributed by atoms with Gasteiger partial charge in [-0.25, -0.2) is 9.13 Å². The van der Waals surface area contributed by atoms with Gasteiger partial charge in [-0.1, -0.05) is 24.3 Å². The predicted molar refractivity (Wildman–Crippen MR) is 78.4 cm³/mol. The summed E-state index contributed by atoms with van der Waals surface area (Å²) in [6.45, 7) is 1.50. The van der Waals surface area contributed by atoms with Crippen molar-refractivity contribution in [2.75, 3.05) is 0 Å². The van der Waals surface area contributed by atoms with Gasteiger partial charge in [-0.15, -0.1) is 0 Å².